The van der Waals surface area contributed by atoms with Gasteiger partial charge >= 0.3 is 0 Å². The zero-order valence-corrected chi connectivity index (χ0v) is 13.7. The molecule has 1 fully saturated rings. The Kier molecular flexibility index (Phi) is 5.56. The minimum atomic E-state index is -0.524. The van der Waals surface area contributed by atoms with Crippen molar-refractivity contribution < 1.29 is 9.90 Å². The molecule has 2 heterocycles. The third kappa shape index (κ3) is 4.63. The summed E-state index contributed by atoms with van der Waals surface area (Å²) < 4.78 is 0. The lowest BCUT2D eigenvalue weighted by Crippen LogP contribution is -2.38. The van der Waals surface area contributed by atoms with Crippen LogP contribution >= 0.6 is 0 Å². The first-order valence-electron chi connectivity index (χ1n) is 8.32. The van der Waals surface area contributed by atoms with Crippen LogP contribution in [-0.4, -0.2) is 58.1 Å². The molecule has 2 aromatic rings. The lowest BCUT2D eigenvalue weighted by molar-refractivity contribution is -0.131. The second-order valence-electron chi connectivity index (χ2n) is 6.26. The highest BCUT2D eigenvalue weighted by Gasteiger charge is 2.26. The summed E-state index contributed by atoms with van der Waals surface area (Å²) in [5.41, 5.74) is 2.26. The van der Waals surface area contributed by atoms with Crippen LogP contribution in [0.3, 0.4) is 0 Å². The lowest BCUT2D eigenvalue weighted by Gasteiger charge is -2.22. The van der Waals surface area contributed by atoms with Gasteiger partial charge in [-0.15, -0.1) is 0 Å². The van der Waals surface area contributed by atoms with Gasteiger partial charge in [-0.2, -0.15) is 0 Å². The Morgan fingerprint density at radius 2 is 1.88 bits per heavy atom. The molecular weight excluding hydrogens is 302 g/mol. The molecule has 0 saturated carbocycles. The third-order valence-electron chi connectivity index (χ3n) is 4.25. The van der Waals surface area contributed by atoms with Crippen molar-refractivity contribution in [2.24, 2.45) is 0 Å². The Hall–Kier alpha value is -2.24. The maximum Gasteiger partial charge on any atom is 0.236 e. The molecule has 0 spiro atoms. The van der Waals surface area contributed by atoms with Crippen molar-refractivity contribution in [1.82, 2.24) is 14.8 Å². The number of amides is 1. The molecule has 3 rings (SSSR count). The summed E-state index contributed by atoms with van der Waals surface area (Å²) in [7, 11) is 0. The van der Waals surface area contributed by atoms with E-state index in [1.54, 1.807) is 17.3 Å². The Morgan fingerprint density at radius 1 is 1.08 bits per heavy atom. The Morgan fingerprint density at radius 3 is 2.62 bits per heavy atom. The van der Waals surface area contributed by atoms with Crippen molar-refractivity contribution in [3.63, 3.8) is 0 Å². The molecule has 1 amide bonds. The zero-order valence-electron chi connectivity index (χ0n) is 13.7. The van der Waals surface area contributed by atoms with Gasteiger partial charge in [-0.25, -0.2) is 0 Å². The second kappa shape index (κ2) is 8.04. The molecule has 1 N–H and O–H groups in total. The number of aliphatic hydroxyl groups excluding tert-OH is 1. The van der Waals surface area contributed by atoms with Crippen molar-refractivity contribution >= 4 is 5.91 Å². The molecule has 1 aliphatic heterocycles. The molecule has 1 atom stereocenters. The van der Waals surface area contributed by atoms with E-state index in [0.29, 0.717) is 32.7 Å². The fourth-order valence-corrected chi connectivity index (χ4v) is 3.06. The van der Waals surface area contributed by atoms with Crippen LogP contribution in [0.4, 0.5) is 0 Å². The van der Waals surface area contributed by atoms with Crippen molar-refractivity contribution in [2.75, 3.05) is 26.2 Å². The number of β-amino-alcohol motifs (C(OH)–C–C–N with tert-alkyl or cyclic N) is 1. The number of nitrogens with zero attached hydrogens (tertiary/aromatic N) is 3. The van der Waals surface area contributed by atoms with E-state index in [0.717, 1.165) is 12.0 Å². The van der Waals surface area contributed by atoms with Crippen LogP contribution in [0.5, 0.6) is 0 Å². The molecule has 1 aromatic carbocycles. The minimum Gasteiger partial charge on any atom is -0.390 e. The Bertz CT molecular complexity index is 648. The predicted octanol–water partition coefficient (Wildman–Crippen LogP) is 1.33. The van der Waals surface area contributed by atoms with E-state index in [1.165, 1.54) is 5.56 Å². The molecule has 0 radical (unpaired) electrons. The van der Waals surface area contributed by atoms with E-state index in [-0.39, 0.29) is 5.91 Å². The van der Waals surface area contributed by atoms with Crippen LogP contribution in [0, 0.1) is 0 Å². The Balaban J connectivity index is 1.59. The molecule has 1 aliphatic rings. The highest BCUT2D eigenvalue weighted by atomic mass is 16.3. The summed E-state index contributed by atoms with van der Waals surface area (Å²) in [6, 6.07) is 14.0. The van der Waals surface area contributed by atoms with Gasteiger partial charge in [-0.3, -0.25) is 14.7 Å². The van der Waals surface area contributed by atoms with Gasteiger partial charge in [0, 0.05) is 38.6 Å². The number of aliphatic hydroxyl groups is 1. The molecule has 24 heavy (non-hydrogen) atoms. The number of aromatic nitrogens is 1. The van der Waals surface area contributed by atoms with Crippen molar-refractivity contribution in [3.05, 3.63) is 66.0 Å². The van der Waals surface area contributed by atoms with E-state index in [9.17, 15) is 9.90 Å². The van der Waals surface area contributed by atoms with Crippen LogP contribution in [0.2, 0.25) is 0 Å². The maximum absolute atomic E-state index is 12.5. The van der Waals surface area contributed by atoms with E-state index in [4.69, 9.17) is 0 Å². The average Bonchev–Trinajstić information content (AvgIpc) is 2.72. The topological polar surface area (TPSA) is 56.7 Å². The number of carbonyl (C=O) groups is 1. The van der Waals surface area contributed by atoms with E-state index in [1.807, 2.05) is 35.2 Å². The molecule has 1 unspecified atom stereocenters. The third-order valence-corrected chi connectivity index (χ3v) is 4.25. The summed E-state index contributed by atoms with van der Waals surface area (Å²) in [6.45, 7) is 2.50. The molecule has 5 nitrogen and oxygen atoms in total. The fourth-order valence-electron chi connectivity index (χ4n) is 3.06. The number of pyridine rings is 1. The summed E-state index contributed by atoms with van der Waals surface area (Å²) in [6.07, 6.45) is 3.82. The van der Waals surface area contributed by atoms with Gasteiger partial charge in [0.25, 0.3) is 0 Å². The van der Waals surface area contributed by atoms with Gasteiger partial charge in [0.05, 0.1) is 12.6 Å². The lowest BCUT2D eigenvalue weighted by atomic mass is 10.1. The molecule has 1 saturated heterocycles. The standard InChI is InChI=1S/C19H23N3O2/c23-18-13-21(12-17-7-4-9-20-11-17)15-19(24)22(14-18)10-8-16-5-2-1-3-6-16/h1-7,9,11,18,23H,8,10,12-15H2. The van der Waals surface area contributed by atoms with E-state index < -0.39 is 6.10 Å². The summed E-state index contributed by atoms with van der Waals surface area (Å²) in [5.74, 6) is 0.0753. The maximum atomic E-state index is 12.5. The van der Waals surface area contributed by atoms with Gasteiger partial charge in [-0.1, -0.05) is 36.4 Å². The number of rotatable bonds is 5. The zero-order chi connectivity index (χ0) is 16.8. The smallest absolute Gasteiger partial charge is 0.236 e. The Labute approximate surface area is 142 Å². The van der Waals surface area contributed by atoms with Gasteiger partial charge in [0.15, 0.2) is 0 Å². The fraction of sp³-hybridized carbons (Fsp3) is 0.368. The largest absolute Gasteiger partial charge is 0.390 e. The van der Waals surface area contributed by atoms with Gasteiger partial charge < -0.3 is 10.0 Å². The molecule has 0 bridgehead atoms. The normalized spacial score (nSPS) is 19.3. The van der Waals surface area contributed by atoms with Crippen LogP contribution in [-0.2, 0) is 17.8 Å². The molecule has 5 heteroatoms. The van der Waals surface area contributed by atoms with Crippen LogP contribution in [0.1, 0.15) is 11.1 Å². The first-order chi connectivity index (χ1) is 11.7. The number of hydrogen-bond acceptors (Lipinski definition) is 4. The van der Waals surface area contributed by atoms with Crippen LogP contribution in [0.25, 0.3) is 0 Å². The quantitative estimate of drug-likeness (QED) is 0.901. The van der Waals surface area contributed by atoms with Crippen molar-refractivity contribution in [3.8, 4) is 0 Å². The highest BCUT2D eigenvalue weighted by Crippen LogP contribution is 2.11. The van der Waals surface area contributed by atoms with Gasteiger partial charge in [0.1, 0.15) is 0 Å². The molecule has 1 aromatic heterocycles. The van der Waals surface area contributed by atoms with Crippen LogP contribution in [0.15, 0.2) is 54.9 Å². The highest BCUT2D eigenvalue weighted by molar-refractivity contribution is 5.78. The summed E-state index contributed by atoms with van der Waals surface area (Å²) in [5, 5.41) is 10.3. The van der Waals surface area contributed by atoms with Crippen molar-refractivity contribution in [2.45, 2.75) is 19.1 Å². The van der Waals surface area contributed by atoms with Gasteiger partial charge in [-0.05, 0) is 23.6 Å². The second-order valence-corrected chi connectivity index (χ2v) is 6.26. The summed E-state index contributed by atoms with van der Waals surface area (Å²) >= 11 is 0. The molecule has 126 valence electrons. The SMILES string of the molecule is O=C1CN(Cc2cccnc2)CC(O)CN1CCc1ccccc1. The minimum absolute atomic E-state index is 0.0753. The molecule has 0 aliphatic carbocycles. The number of benzene rings is 1. The average molecular weight is 325 g/mol. The van der Waals surface area contributed by atoms with E-state index in [2.05, 4.69) is 17.1 Å². The predicted molar refractivity (Wildman–Crippen MR) is 92.2 cm³/mol. The number of hydrogen-bond donors (Lipinski definition) is 1. The van der Waals surface area contributed by atoms with Gasteiger partial charge in [0.2, 0.25) is 5.91 Å². The first-order valence-corrected chi connectivity index (χ1v) is 8.32. The monoisotopic (exact) mass is 325 g/mol. The van der Waals surface area contributed by atoms with Crippen LogP contribution < -0.4 is 0 Å². The van der Waals surface area contributed by atoms with Crippen molar-refractivity contribution in [1.29, 1.82) is 0 Å². The van der Waals surface area contributed by atoms with E-state index >= 15 is 0 Å². The summed E-state index contributed by atoms with van der Waals surface area (Å²) in [4.78, 5) is 20.4. The first kappa shape index (κ1) is 16.6. The molecular formula is C19H23N3O2. The number of carbonyl (C=O) groups excluding carboxylic acids is 1.